The number of para-hydroxylation sites is 1. The Kier molecular flexibility index (Phi) is 3.42. The van der Waals surface area contributed by atoms with Crippen LogP contribution in [0.4, 0.5) is 5.69 Å². The van der Waals surface area contributed by atoms with E-state index < -0.39 is 0 Å². The first-order valence-electron chi connectivity index (χ1n) is 6.89. The number of rotatable bonds is 4. The van der Waals surface area contributed by atoms with Crippen LogP contribution in [0.3, 0.4) is 0 Å². The van der Waals surface area contributed by atoms with Gasteiger partial charge in [-0.15, -0.1) is 0 Å². The van der Waals surface area contributed by atoms with Crippen molar-refractivity contribution in [2.24, 2.45) is 0 Å². The monoisotopic (exact) mass is 267 g/mol. The van der Waals surface area contributed by atoms with Crippen LogP contribution >= 0.6 is 0 Å². The number of amides is 1. The molecule has 1 atom stereocenters. The van der Waals surface area contributed by atoms with Gasteiger partial charge in [0, 0.05) is 5.69 Å². The second-order valence-electron chi connectivity index (χ2n) is 4.91. The fraction of sp³-hybridized carbons (Fsp3) is 0.235. The number of carbonyl (C=O) groups is 1. The normalized spacial score (nSPS) is 16.6. The van der Waals surface area contributed by atoms with E-state index >= 15 is 0 Å². The summed E-state index contributed by atoms with van der Waals surface area (Å²) in [7, 11) is 0. The van der Waals surface area contributed by atoms with Crippen LogP contribution in [0, 0.1) is 0 Å². The molecule has 0 bridgehead atoms. The van der Waals surface area contributed by atoms with Gasteiger partial charge in [0.1, 0.15) is 5.75 Å². The van der Waals surface area contributed by atoms with Crippen molar-refractivity contribution in [3.8, 4) is 5.75 Å². The van der Waals surface area contributed by atoms with Crippen LogP contribution in [-0.2, 0) is 11.2 Å². The maximum atomic E-state index is 12.1. The molecule has 0 spiro atoms. The average Bonchev–Trinajstić information content (AvgIpc) is 2.76. The van der Waals surface area contributed by atoms with Gasteiger partial charge in [0.25, 0.3) is 0 Å². The summed E-state index contributed by atoms with van der Waals surface area (Å²) in [5, 5.41) is 2.94. The molecule has 20 heavy (non-hydrogen) atoms. The van der Waals surface area contributed by atoms with Gasteiger partial charge in [-0.3, -0.25) is 4.79 Å². The van der Waals surface area contributed by atoms with Gasteiger partial charge in [-0.05, 0) is 42.7 Å². The third kappa shape index (κ3) is 2.39. The highest BCUT2D eigenvalue weighted by atomic mass is 16.5. The summed E-state index contributed by atoms with van der Waals surface area (Å²) < 4.78 is 5.51. The molecule has 102 valence electrons. The zero-order valence-corrected chi connectivity index (χ0v) is 11.4. The molecule has 0 unspecified atom stereocenters. The van der Waals surface area contributed by atoms with E-state index in [1.807, 2.05) is 55.5 Å². The summed E-state index contributed by atoms with van der Waals surface area (Å²) >= 11 is 0. The number of carbonyl (C=O) groups excluding carboxylic acids is 1. The molecule has 0 fully saturated rings. The lowest BCUT2D eigenvalue weighted by molar-refractivity contribution is -0.117. The largest absolute Gasteiger partial charge is 0.494 e. The molecule has 3 nitrogen and oxygen atoms in total. The van der Waals surface area contributed by atoms with E-state index in [0.29, 0.717) is 13.0 Å². The zero-order chi connectivity index (χ0) is 13.9. The molecule has 1 heterocycles. The average molecular weight is 267 g/mol. The van der Waals surface area contributed by atoms with Crippen molar-refractivity contribution >= 4 is 11.6 Å². The SMILES string of the molecule is CCOc1cccc(C[C@@H]2C(=O)Nc3ccccc32)c1. The van der Waals surface area contributed by atoms with Gasteiger partial charge in [0.15, 0.2) is 0 Å². The van der Waals surface area contributed by atoms with E-state index in [4.69, 9.17) is 4.74 Å². The fourth-order valence-corrected chi connectivity index (χ4v) is 2.64. The Morgan fingerprint density at radius 2 is 2.00 bits per heavy atom. The number of fused-ring (bicyclic) bond motifs is 1. The highest BCUT2D eigenvalue weighted by Crippen LogP contribution is 2.34. The van der Waals surface area contributed by atoms with E-state index in [2.05, 4.69) is 5.32 Å². The molecule has 2 aromatic rings. The Balaban J connectivity index is 1.84. The Morgan fingerprint density at radius 1 is 1.15 bits per heavy atom. The Hall–Kier alpha value is -2.29. The highest BCUT2D eigenvalue weighted by Gasteiger charge is 2.29. The molecule has 3 rings (SSSR count). The lowest BCUT2D eigenvalue weighted by Crippen LogP contribution is -2.14. The van der Waals surface area contributed by atoms with Crippen LogP contribution in [0.15, 0.2) is 48.5 Å². The summed E-state index contributed by atoms with van der Waals surface area (Å²) in [6, 6.07) is 15.8. The van der Waals surface area contributed by atoms with Crippen LogP contribution in [0.1, 0.15) is 24.0 Å². The van der Waals surface area contributed by atoms with E-state index in [9.17, 15) is 4.79 Å². The van der Waals surface area contributed by atoms with Crippen LogP contribution < -0.4 is 10.1 Å². The summed E-state index contributed by atoms with van der Waals surface area (Å²) in [6.45, 7) is 2.61. The second-order valence-corrected chi connectivity index (χ2v) is 4.91. The van der Waals surface area contributed by atoms with Gasteiger partial charge in [0.2, 0.25) is 5.91 Å². The van der Waals surface area contributed by atoms with Crippen LogP contribution in [0.5, 0.6) is 5.75 Å². The minimum Gasteiger partial charge on any atom is -0.494 e. The van der Waals surface area contributed by atoms with Gasteiger partial charge in [-0.25, -0.2) is 0 Å². The molecule has 1 aliphatic heterocycles. The van der Waals surface area contributed by atoms with Gasteiger partial charge >= 0.3 is 0 Å². The van der Waals surface area contributed by atoms with Crippen LogP contribution in [0.2, 0.25) is 0 Å². The third-order valence-electron chi connectivity index (χ3n) is 3.56. The lowest BCUT2D eigenvalue weighted by atomic mass is 9.93. The van der Waals surface area contributed by atoms with Crippen LogP contribution in [-0.4, -0.2) is 12.5 Å². The summed E-state index contributed by atoms with van der Waals surface area (Å²) in [5.41, 5.74) is 3.13. The van der Waals surface area contributed by atoms with Gasteiger partial charge in [-0.1, -0.05) is 30.3 Å². The smallest absolute Gasteiger partial charge is 0.232 e. The first-order chi connectivity index (χ1) is 9.78. The molecule has 0 saturated carbocycles. The Morgan fingerprint density at radius 3 is 2.85 bits per heavy atom. The van der Waals surface area contributed by atoms with Gasteiger partial charge < -0.3 is 10.1 Å². The topological polar surface area (TPSA) is 38.3 Å². The number of hydrogen-bond acceptors (Lipinski definition) is 2. The van der Waals surface area contributed by atoms with Crippen molar-refractivity contribution in [1.82, 2.24) is 0 Å². The first-order valence-corrected chi connectivity index (χ1v) is 6.89. The number of anilines is 1. The number of nitrogens with one attached hydrogen (secondary N) is 1. The first kappa shape index (κ1) is 12.7. The molecule has 0 radical (unpaired) electrons. The van der Waals surface area contributed by atoms with Crippen molar-refractivity contribution in [2.45, 2.75) is 19.3 Å². The second kappa shape index (κ2) is 5.37. The quantitative estimate of drug-likeness (QED) is 0.922. The molecular formula is C17H17NO2. The Labute approximate surface area is 118 Å². The lowest BCUT2D eigenvalue weighted by Gasteiger charge is -2.10. The number of hydrogen-bond donors (Lipinski definition) is 1. The summed E-state index contributed by atoms with van der Waals surface area (Å²) in [6.07, 6.45) is 0.698. The minimum atomic E-state index is -0.108. The van der Waals surface area contributed by atoms with E-state index in [1.54, 1.807) is 0 Å². The fourth-order valence-electron chi connectivity index (χ4n) is 2.64. The van der Waals surface area contributed by atoms with Gasteiger partial charge in [-0.2, -0.15) is 0 Å². The van der Waals surface area contributed by atoms with Crippen LogP contribution in [0.25, 0.3) is 0 Å². The van der Waals surface area contributed by atoms with Gasteiger partial charge in [0.05, 0.1) is 12.5 Å². The number of benzene rings is 2. The molecule has 2 aromatic carbocycles. The summed E-state index contributed by atoms with van der Waals surface area (Å²) in [5.74, 6) is 0.827. The van der Waals surface area contributed by atoms with Crippen molar-refractivity contribution in [2.75, 3.05) is 11.9 Å². The maximum absolute atomic E-state index is 12.1. The minimum absolute atomic E-state index is 0.0769. The predicted octanol–water partition coefficient (Wildman–Crippen LogP) is 3.36. The zero-order valence-electron chi connectivity index (χ0n) is 11.4. The molecule has 1 aliphatic rings. The van der Waals surface area contributed by atoms with Crippen molar-refractivity contribution in [1.29, 1.82) is 0 Å². The molecule has 0 saturated heterocycles. The standard InChI is InChI=1S/C17H17NO2/c1-2-20-13-7-5-6-12(10-13)11-15-14-8-3-4-9-16(14)18-17(15)19/h3-10,15H,2,11H2,1H3,(H,18,19)/t15-/m0/s1. The molecule has 0 aliphatic carbocycles. The third-order valence-corrected chi connectivity index (χ3v) is 3.56. The van der Waals surface area contributed by atoms with Crippen molar-refractivity contribution in [3.63, 3.8) is 0 Å². The van der Waals surface area contributed by atoms with E-state index in [-0.39, 0.29) is 11.8 Å². The molecular weight excluding hydrogens is 250 g/mol. The molecule has 1 amide bonds. The molecule has 0 aromatic heterocycles. The Bertz CT molecular complexity index is 636. The molecule has 3 heteroatoms. The van der Waals surface area contributed by atoms with E-state index in [0.717, 1.165) is 22.6 Å². The van der Waals surface area contributed by atoms with E-state index in [1.165, 1.54) is 0 Å². The number of ether oxygens (including phenoxy) is 1. The maximum Gasteiger partial charge on any atom is 0.232 e. The predicted molar refractivity (Wildman–Crippen MR) is 79.1 cm³/mol. The molecule has 1 N–H and O–H groups in total. The highest BCUT2D eigenvalue weighted by molar-refractivity contribution is 6.03. The summed E-state index contributed by atoms with van der Waals surface area (Å²) in [4.78, 5) is 12.1. The van der Waals surface area contributed by atoms with Crippen molar-refractivity contribution < 1.29 is 9.53 Å². The van der Waals surface area contributed by atoms with Crippen molar-refractivity contribution in [3.05, 3.63) is 59.7 Å².